The molecule has 0 bridgehead atoms. The van der Waals surface area contributed by atoms with E-state index in [2.05, 4.69) is 5.32 Å². The lowest BCUT2D eigenvalue weighted by Gasteiger charge is -2.09. The number of carbonyl (C=O) groups is 1. The molecule has 2 rings (SSSR count). The predicted octanol–water partition coefficient (Wildman–Crippen LogP) is 2.66. The molecule has 82 valence electrons. The van der Waals surface area contributed by atoms with Crippen LogP contribution >= 0.6 is 0 Å². The smallest absolute Gasteiger partial charge is 0.303 e. The molecule has 1 aromatic rings. The van der Waals surface area contributed by atoms with Gasteiger partial charge in [0.05, 0.1) is 0 Å². The van der Waals surface area contributed by atoms with Gasteiger partial charge in [-0.15, -0.1) is 0 Å². The first-order chi connectivity index (χ1) is 7.77. The van der Waals surface area contributed by atoms with E-state index < -0.39 is 5.97 Å². The van der Waals surface area contributed by atoms with Crippen LogP contribution < -0.4 is 5.32 Å². The molecule has 0 unspecified atom stereocenters. The highest BCUT2D eigenvalue weighted by Crippen LogP contribution is 2.24. The van der Waals surface area contributed by atoms with Gasteiger partial charge in [0, 0.05) is 23.9 Å². The predicted molar refractivity (Wildman–Crippen MR) is 64.2 cm³/mol. The molecule has 2 N–H and O–H groups in total. The standard InChI is InChI=1S/C13H13NO2/c15-13(16)8-7-10-4-3-6-12-11(10)5-1-2-9-14-12/h1-6,9,14H,7-8H2,(H,15,16). The topological polar surface area (TPSA) is 49.3 Å². The summed E-state index contributed by atoms with van der Waals surface area (Å²) in [4.78, 5) is 10.6. The van der Waals surface area contributed by atoms with Crippen LogP contribution in [0.4, 0.5) is 5.69 Å². The van der Waals surface area contributed by atoms with Crippen molar-refractivity contribution in [3.63, 3.8) is 0 Å². The molecule has 0 amide bonds. The van der Waals surface area contributed by atoms with Crippen molar-refractivity contribution in [1.29, 1.82) is 0 Å². The first-order valence-electron chi connectivity index (χ1n) is 5.21. The van der Waals surface area contributed by atoms with E-state index in [1.165, 1.54) is 0 Å². The summed E-state index contributed by atoms with van der Waals surface area (Å²) in [5.74, 6) is -0.763. The minimum atomic E-state index is -0.763. The third-order valence-corrected chi connectivity index (χ3v) is 2.51. The van der Waals surface area contributed by atoms with Crippen LogP contribution in [-0.4, -0.2) is 11.1 Å². The third kappa shape index (κ3) is 2.31. The summed E-state index contributed by atoms with van der Waals surface area (Å²) >= 11 is 0. The molecule has 0 spiro atoms. The second-order valence-corrected chi connectivity index (χ2v) is 3.63. The maximum atomic E-state index is 10.6. The first kappa shape index (κ1) is 10.5. The fraction of sp³-hybridized carbons (Fsp3) is 0.154. The Morgan fingerprint density at radius 3 is 3.00 bits per heavy atom. The van der Waals surface area contributed by atoms with Crippen LogP contribution in [0, 0.1) is 0 Å². The van der Waals surface area contributed by atoms with Crippen molar-refractivity contribution < 1.29 is 9.90 Å². The Hall–Kier alpha value is -2.03. The summed E-state index contributed by atoms with van der Waals surface area (Å²) in [6.07, 6.45) is 8.46. The minimum absolute atomic E-state index is 0.164. The van der Waals surface area contributed by atoms with E-state index in [-0.39, 0.29) is 6.42 Å². The van der Waals surface area contributed by atoms with Crippen molar-refractivity contribution in [1.82, 2.24) is 0 Å². The molecular weight excluding hydrogens is 202 g/mol. The molecule has 0 aromatic heterocycles. The Kier molecular flexibility index (Phi) is 3.05. The number of hydrogen-bond donors (Lipinski definition) is 2. The SMILES string of the molecule is O=C(O)CCc1cccc2c1C=CC=CN2. The quantitative estimate of drug-likeness (QED) is 0.814. The van der Waals surface area contributed by atoms with E-state index in [0.29, 0.717) is 6.42 Å². The van der Waals surface area contributed by atoms with E-state index in [9.17, 15) is 4.79 Å². The molecule has 3 nitrogen and oxygen atoms in total. The highest BCUT2D eigenvalue weighted by atomic mass is 16.4. The Morgan fingerprint density at radius 2 is 2.19 bits per heavy atom. The second-order valence-electron chi connectivity index (χ2n) is 3.63. The van der Waals surface area contributed by atoms with Crippen molar-refractivity contribution in [2.24, 2.45) is 0 Å². The van der Waals surface area contributed by atoms with Gasteiger partial charge in [-0.3, -0.25) is 4.79 Å². The lowest BCUT2D eigenvalue weighted by molar-refractivity contribution is -0.136. The fourth-order valence-corrected chi connectivity index (χ4v) is 1.74. The first-order valence-corrected chi connectivity index (χ1v) is 5.21. The highest BCUT2D eigenvalue weighted by molar-refractivity contribution is 5.73. The molecule has 0 saturated heterocycles. The van der Waals surface area contributed by atoms with Gasteiger partial charge in [-0.1, -0.05) is 24.3 Å². The molecule has 1 aromatic carbocycles. The molecule has 1 aliphatic heterocycles. The monoisotopic (exact) mass is 215 g/mol. The normalized spacial score (nSPS) is 12.8. The average molecular weight is 215 g/mol. The summed E-state index contributed by atoms with van der Waals surface area (Å²) in [5.41, 5.74) is 3.16. The number of allylic oxidation sites excluding steroid dienone is 2. The number of rotatable bonds is 3. The van der Waals surface area contributed by atoms with Crippen molar-refractivity contribution >= 4 is 17.7 Å². The minimum Gasteiger partial charge on any atom is -0.481 e. The molecule has 0 radical (unpaired) electrons. The Morgan fingerprint density at radius 1 is 1.31 bits per heavy atom. The van der Waals surface area contributed by atoms with Crippen molar-refractivity contribution in [2.45, 2.75) is 12.8 Å². The maximum absolute atomic E-state index is 10.6. The Labute approximate surface area is 94.1 Å². The zero-order valence-electron chi connectivity index (χ0n) is 8.81. The second kappa shape index (κ2) is 4.66. The molecule has 1 aliphatic rings. The van der Waals surface area contributed by atoms with Crippen LogP contribution in [0.3, 0.4) is 0 Å². The summed E-state index contributed by atoms with van der Waals surface area (Å²) in [6, 6.07) is 5.90. The van der Waals surface area contributed by atoms with Gasteiger partial charge in [0.1, 0.15) is 0 Å². The van der Waals surface area contributed by atoms with Crippen molar-refractivity contribution in [3.05, 3.63) is 47.7 Å². The van der Waals surface area contributed by atoms with Crippen LogP contribution in [0.25, 0.3) is 6.08 Å². The van der Waals surface area contributed by atoms with Crippen LogP contribution in [0.1, 0.15) is 17.5 Å². The van der Waals surface area contributed by atoms with E-state index in [1.54, 1.807) is 0 Å². The third-order valence-electron chi connectivity index (χ3n) is 2.51. The molecule has 3 heteroatoms. The average Bonchev–Trinajstić information content (AvgIpc) is 2.51. The van der Waals surface area contributed by atoms with Crippen LogP contribution in [-0.2, 0) is 11.2 Å². The van der Waals surface area contributed by atoms with Gasteiger partial charge in [-0.05, 0) is 24.1 Å². The fourth-order valence-electron chi connectivity index (χ4n) is 1.74. The number of carboxylic acids is 1. The lowest BCUT2D eigenvalue weighted by atomic mass is 10.0. The number of aryl methyl sites for hydroxylation is 1. The van der Waals surface area contributed by atoms with Gasteiger partial charge in [0.2, 0.25) is 0 Å². The summed E-state index contributed by atoms with van der Waals surface area (Å²) in [5, 5.41) is 11.9. The van der Waals surface area contributed by atoms with Gasteiger partial charge in [0.15, 0.2) is 0 Å². The number of carboxylic acid groups (broad SMARTS) is 1. The summed E-state index contributed by atoms with van der Waals surface area (Å²) in [6.45, 7) is 0. The van der Waals surface area contributed by atoms with Gasteiger partial charge < -0.3 is 10.4 Å². The Balaban J connectivity index is 2.29. The van der Waals surface area contributed by atoms with E-state index >= 15 is 0 Å². The van der Waals surface area contributed by atoms with Gasteiger partial charge in [0.25, 0.3) is 0 Å². The van der Waals surface area contributed by atoms with Crippen LogP contribution in [0.15, 0.2) is 36.6 Å². The van der Waals surface area contributed by atoms with Crippen molar-refractivity contribution in [2.75, 3.05) is 5.32 Å². The molecule has 0 fully saturated rings. The van der Waals surface area contributed by atoms with Crippen LogP contribution in [0.2, 0.25) is 0 Å². The van der Waals surface area contributed by atoms with E-state index in [0.717, 1.165) is 16.8 Å². The lowest BCUT2D eigenvalue weighted by Crippen LogP contribution is -2.00. The van der Waals surface area contributed by atoms with Gasteiger partial charge in [-0.25, -0.2) is 0 Å². The highest BCUT2D eigenvalue weighted by Gasteiger charge is 2.07. The number of hydrogen-bond acceptors (Lipinski definition) is 2. The summed E-state index contributed by atoms with van der Waals surface area (Å²) < 4.78 is 0. The molecule has 0 saturated carbocycles. The maximum Gasteiger partial charge on any atom is 0.303 e. The molecule has 1 heterocycles. The van der Waals surface area contributed by atoms with Gasteiger partial charge >= 0.3 is 5.97 Å². The number of aliphatic carboxylic acids is 1. The van der Waals surface area contributed by atoms with Crippen LogP contribution in [0.5, 0.6) is 0 Å². The zero-order chi connectivity index (χ0) is 11.4. The number of anilines is 1. The molecule has 0 aliphatic carbocycles. The molecule has 16 heavy (non-hydrogen) atoms. The van der Waals surface area contributed by atoms with E-state index in [4.69, 9.17) is 5.11 Å². The summed E-state index contributed by atoms with van der Waals surface area (Å²) in [7, 11) is 0. The Bertz CT molecular complexity index is 461. The van der Waals surface area contributed by atoms with Crippen molar-refractivity contribution in [3.8, 4) is 0 Å². The number of benzene rings is 1. The molecular formula is C13H13NO2. The van der Waals surface area contributed by atoms with E-state index in [1.807, 2.05) is 42.6 Å². The largest absolute Gasteiger partial charge is 0.481 e. The zero-order valence-corrected chi connectivity index (χ0v) is 8.81. The van der Waals surface area contributed by atoms with Gasteiger partial charge in [-0.2, -0.15) is 0 Å². The number of fused-ring (bicyclic) bond motifs is 1. The molecule has 0 atom stereocenters. The number of nitrogens with one attached hydrogen (secondary N) is 1.